The van der Waals surface area contributed by atoms with Crippen LogP contribution >= 0.6 is 23.0 Å². The summed E-state index contributed by atoms with van der Waals surface area (Å²) in [6.07, 6.45) is 3.13. The molecule has 5 rings (SSSR count). The van der Waals surface area contributed by atoms with Gasteiger partial charge in [-0.05, 0) is 62.9 Å². The minimum absolute atomic E-state index is 0.0679. The summed E-state index contributed by atoms with van der Waals surface area (Å²) in [6, 6.07) is 7.63. The maximum absolute atomic E-state index is 12.6. The summed E-state index contributed by atoms with van der Waals surface area (Å²) in [7, 11) is 2.01. The van der Waals surface area contributed by atoms with Crippen molar-refractivity contribution in [3.8, 4) is 11.5 Å². The summed E-state index contributed by atoms with van der Waals surface area (Å²) in [5.41, 5.74) is 5.72. The van der Waals surface area contributed by atoms with E-state index in [4.69, 9.17) is 12.5 Å². The Morgan fingerprint density at radius 2 is 1.80 bits per heavy atom. The number of rotatable bonds is 9. The van der Waals surface area contributed by atoms with E-state index >= 15 is 0 Å². The molecule has 2 N–H and O–H groups in total. The van der Waals surface area contributed by atoms with Crippen molar-refractivity contribution in [2.45, 2.75) is 51.7 Å². The molecule has 8 nitrogen and oxygen atoms in total. The molecule has 2 bridgehead atoms. The Balaban J connectivity index is 1.30. The first-order valence-corrected chi connectivity index (χ1v) is 12.4. The second kappa shape index (κ2) is 10.6. The number of aryl methyl sites for hydroxylation is 3. The molecule has 2 aromatic rings. The van der Waals surface area contributed by atoms with Crippen molar-refractivity contribution in [3.05, 3.63) is 58.6 Å². The number of hydrogen-bond donors (Lipinski definition) is 2. The number of hydrogen-bond acceptors (Lipinski definition) is 6. The van der Waals surface area contributed by atoms with Crippen LogP contribution in [0.5, 0.6) is 11.5 Å². The third-order valence-electron chi connectivity index (χ3n) is 6.81. The van der Waals surface area contributed by atoms with Crippen molar-refractivity contribution < 1.29 is 22.1 Å². The summed E-state index contributed by atoms with van der Waals surface area (Å²) in [4.78, 5) is 29.4. The molecular formula is C25H29BIN3O5. The summed E-state index contributed by atoms with van der Waals surface area (Å²) in [6.45, 7) is 5.74. The number of carbonyl (C=O) groups excluding carboxylic acids is 2. The minimum Gasteiger partial charge on any atom is -0.484 e. The van der Waals surface area contributed by atoms with Crippen molar-refractivity contribution >= 4 is 48.1 Å². The van der Waals surface area contributed by atoms with Crippen LogP contribution in [0.3, 0.4) is 0 Å². The highest BCUT2D eigenvalue weighted by Crippen LogP contribution is 2.49. The largest absolute Gasteiger partial charge is 0.484 e. The fourth-order valence-electron chi connectivity index (χ4n) is 4.42. The number of nitrogens with one attached hydrogen (secondary N) is 2. The number of halogens is 1. The smallest absolute Gasteiger partial charge is 0.262 e. The molecule has 1 fully saturated rings. The van der Waals surface area contributed by atoms with Crippen molar-refractivity contribution in [1.29, 1.82) is 0 Å². The van der Waals surface area contributed by atoms with Gasteiger partial charge in [0.25, 0.3) is 11.8 Å². The third-order valence-corrected chi connectivity index (χ3v) is 7.42. The van der Waals surface area contributed by atoms with E-state index in [1.54, 1.807) is 6.20 Å². The summed E-state index contributed by atoms with van der Waals surface area (Å²) in [5, 5.41) is 6.09. The number of pyridine rings is 1. The molecule has 1 saturated carbocycles. The molecule has 3 aliphatic carbocycles. The van der Waals surface area contributed by atoms with Gasteiger partial charge in [-0.1, -0.05) is 17.1 Å². The van der Waals surface area contributed by atoms with Crippen molar-refractivity contribution in [2.24, 2.45) is 0 Å². The number of ether oxygens (including phenoxy) is 2. The van der Waals surface area contributed by atoms with E-state index in [9.17, 15) is 9.59 Å². The van der Waals surface area contributed by atoms with E-state index in [0.29, 0.717) is 30.8 Å². The molecule has 1 unspecified atom stereocenters. The van der Waals surface area contributed by atoms with Crippen LogP contribution in [0.2, 0.25) is 0 Å². The van der Waals surface area contributed by atoms with Crippen LogP contribution in [0, 0.1) is 20.8 Å². The number of carbonyl (C=O) groups is 2. The summed E-state index contributed by atoms with van der Waals surface area (Å²) in [5.74, 6) is 0.808. The highest BCUT2D eigenvalue weighted by Gasteiger charge is 2.54. The molecule has 3 aliphatic rings. The molecule has 2 amide bonds. The molecule has 0 radical (unpaired) electrons. The lowest BCUT2D eigenvalue weighted by molar-refractivity contribution is -0.128. The van der Waals surface area contributed by atoms with Gasteiger partial charge in [0.05, 0.1) is 17.8 Å². The van der Waals surface area contributed by atoms with Crippen LogP contribution in [0.1, 0.15) is 36.1 Å². The molecule has 1 aromatic heterocycles. The molecule has 35 heavy (non-hydrogen) atoms. The Morgan fingerprint density at radius 3 is 2.49 bits per heavy atom. The van der Waals surface area contributed by atoms with Gasteiger partial charge in [-0.3, -0.25) is 14.6 Å². The quantitative estimate of drug-likeness (QED) is 0.343. The van der Waals surface area contributed by atoms with E-state index in [1.165, 1.54) is 5.56 Å². The normalized spacial score (nSPS) is 20.6. The molecule has 1 aromatic carbocycles. The van der Waals surface area contributed by atoms with E-state index < -0.39 is 5.54 Å². The zero-order valence-electron chi connectivity index (χ0n) is 20.4. The van der Waals surface area contributed by atoms with E-state index in [0.717, 1.165) is 28.0 Å². The van der Waals surface area contributed by atoms with Gasteiger partial charge in [0.2, 0.25) is 0 Å². The lowest BCUT2D eigenvalue weighted by atomic mass is 9.62. The SMILES string of the molecule is Bc1cc(OCC(=O)NC2=C3CC(NC(=O)COc4cnc(C)c(C)c4)(C3)C(OI)C2)ccc1C. The Kier molecular flexibility index (Phi) is 7.70. The second-order valence-electron chi connectivity index (χ2n) is 9.37. The molecule has 0 saturated heterocycles. The molecule has 184 valence electrons. The maximum atomic E-state index is 12.6. The van der Waals surface area contributed by atoms with Gasteiger partial charge in [0.1, 0.15) is 42.4 Å². The molecule has 1 atom stereocenters. The Bertz CT molecular complexity index is 1180. The van der Waals surface area contributed by atoms with Gasteiger partial charge >= 0.3 is 0 Å². The lowest BCUT2D eigenvalue weighted by Gasteiger charge is -2.53. The highest BCUT2D eigenvalue weighted by atomic mass is 127. The minimum atomic E-state index is -0.484. The van der Waals surface area contributed by atoms with Gasteiger partial charge in [0, 0.05) is 17.8 Å². The Morgan fingerprint density at radius 1 is 1.09 bits per heavy atom. The zero-order chi connectivity index (χ0) is 25.2. The van der Waals surface area contributed by atoms with Crippen LogP contribution in [-0.2, 0) is 12.7 Å². The van der Waals surface area contributed by atoms with Crippen LogP contribution in [0.15, 0.2) is 41.7 Å². The summed E-state index contributed by atoms with van der Waals surface area (Å²) < 4.78 is 17.0. The molecule has 0 spiro atoms. The lowest BCUT2D eigenvalue weighted by Crippen LogP contribution is -2.66. The van der Waals surface area contributed by atoms with E-state index in [-0.39, 0.29) is 31.1 Å². The fourth-order valence-corrected chi connectivity index (χ4v) is 5.08. The molecule has 10 heteroatoms. The average molecular weight is 589 g/mol. The standard InChI is InChI=1S/C25H29BIN3O5/c1-14-4-5-18(7-20(14)26)33-12-23(31)29-21-8-22(35-27)25(9-17(21)10-25)30-24(32)13-34-19-6-15(2)16(3)28-11-19/h4-7,11,22H,8-10,12-13,26H2,1-3H3,(H,29,31)(H,30,32). The predicted molar refractivity (Wildman–Crippen MR) is 143 cm³/mol. The van der Waals surface area contributed by atoms with Crippen LogP contribution in [0.25, 0.3) is 0 Å². The van der Waals surface area contributed by atoms with Crippen LogP contribution in [-0.4, -0.2) is 49.5 Å². The summed E-state index contributed by atoms with van der Waals surface area (Å²) >= 11 is 1.86. The first-order valence-electron chi connectivity index (χ1n) is 11.5. The van der Waals surface area contributed by atoms with Crippen molar-refractivity contribution in [2.75, 3.05) is 13.2 Å². The van der Waals surface area contributed by atoms with E-state index in [1.807, 2.05) is 75.9 Å². The topological polar surface area (TPSA) is 98.8 Å². The molecule has 1 heterocycles. The molecular weight excluding hydrogens is 560 g/mol. The van der Waals surface area contributed by atoms with Gasteiger partial charge in [0.15, 0.2) is 13.2 Å². The number of fused-ring (bicyclic) bond motifs is 2. The number of aromatic nitrogens is 1. The predicted octanol–water partition coefficient (Wildman–Crippen LogP) is 1.88. The van der Waals surface area contributed by atoms with E-state index in [2.05, 4.69) is 15.6 Å². The number of nitrogens with zero attached hydrogens (tertiary/aromatic N) is 1. The van der Waals surface area contributed by atoms with Gasteiger partial charge in [-0.2, -0.15) is 0 Å². The number of benzene rings is 1. The first-order chi connectivity index (χ1) is 16.7. The van der Waals surface area contributed by atoms with Gasteiger partial charge in [-0.15, -0.1) is 0 Å². The second-order valence-corrected chi connectivity index (χ2v) is 9.88. The molecule has 0 aliphatic heterocycles. The Hall–Kier alpha value is -2.60. The zero-order valence-corrected chi connectivity index (χ0v) is 22.5. The van der Waals surface area contributed by atoms with Crippen LogP contribution in [0.4, 0.5) is 0 Å². The van der Waals surface area contributed by atoms with Crippen LogP contribution < -0.4 is 25.6 Å². The van der Waals surface area contributed by atoms with Crippen molar-refractivity contribution in [3.63, 3.8) is 0 Å². The van der Waals surface area contributed by atoms with Gasteiger partial charge in [-0.25, -0.2) is 0 Å². The highest BCUT2D eigenvalue weighted by molar-refractivity contribution is 14.1. The average Bonchev–Trinajstić information content (AvgIpc) is 2.80. The first kappa shape index (κ1) is 25.5. The van der Waals surface area contributed by atoms with Crippen molar-refractivity contribution in [1.82, 2.24) is 15.6 Å². The monoisotopic (exact) mass is 589 g/mol. The fraction of sp³-hybridized carbons (Fsp3) is 0.400. The Labute approximate surface area is 220 Å². The maximum Gasteiger partial charge on any atom is 0.262 e. The third kappa shape index (κ3) is 5.80. The van der Waals surface area contributed by atoms with Gasteiger partial charge < -0.3 is 23.2 Å². The number of amides is 2.